The minimum Gasteiger partial charge on any atom is -0.312 e. The van der Waals surface area contributed by atoms with Crippen LogP contribution < -0.4 is 5.32 Å². The van der Waals surface area contributed by atoms with Crippen LogP contribution in [0.25, 0.3) is 0 Å². The van der Waals surface area contributed by atoms with Crippen LogP contribution in [0.2, 0.25) is 0 Å². The Morgan fingerprint density at radius 3 is 2.57 bits per heavy atom. The van der Waals surface area contributed by atoms with Gasteiger partial charge in [-0.15, -0.1) is 10.2 Å². The maximum atomic E-state index is 4.58. The second-order valence-electron chi connectivity index (χ2n) is 6.84. The lowest BCUT2D eigenvalue weighted by molar-refractivity contribution is 0.290. The summed E-state index contributed by atoms with van der Waals surface area (Å²) in [6.45, 7) is 6.62. The number of unbranched alkanes of at least 4 members (excludes halogenated alkanes) is 1. The molecular weight excluding hydrogens is 260 g/mol. The molecule has 21 heavy (non-hydrogen) atoms. The van der Waals surface area contributed by atoms with Gasteiger partial charge in [-0.25, -0.2) is 0 Å². The maximum Gasteiger partial charge on any atom is 0.150 e. The number of nitrogens with one attached hydrogen (secondary N) is 1. The highest BCUT2D eigenvalue weighted by molar-refractivity contribution is 5.09. The first-order valence-corrected chi connectivity index (χ1v) is 8.99. The summed E-state index contributed by atoms with van der Waals surface area (Å²) in [5, 5.41) is 12.6. The van der Waals surface area contributed by atoms with Crippen molar-refractivity contribution in [3.63, 3.8) is 0 Å². The van der Waals surface area contributed by atoms with Gasteiger partial charge in [-0.3, -0.25) is 0 Å². The molecule has 1 fully saturated rings. The molecule has 1 N–H and O–H groups in total. The summed E-state index contributed by atoms with van der Waals surface area (Å²) in [4.78, 5) is 0. The van der Waals surface area contributed by atoms with E-state index in [1.807, 2.05) is 0 Å². The first-order chi connectivity index (χ1) is 10.3. The summed E-state index contributed by atoms with van der Waals surface area (Å²) in [6.07, 6.45) is 10.7. The average Bonchev–Trinajstić information content (AvgIpc) is 2.97. The Kier molecular flexibility index (Phi) is 4.94. The Morgan fingerprint density at radius 2 is 1.86 bits per heavy atom. The quantitative estimate of drug-likeness (QED) is 0.897. The Hall–Kier alpha value is -0.900. The lowest BCUT2D eigenvalue weighted by atomic mass is 9.79. The topological polar surface area (TPSA) is 42.7 Å². The van der Waals surface area contributed by atoms with Gasteiger partial charge in [-0.1, -0.05) is 33.1 Å². The highest BCUT2D eigenvalue weighted by Crippen LogP contribution is 2.38. The predicted octanol–water partition coefficient (Wildman–Crippen LogP) is 3.80. The third-order valence-electron chi connectivity index (χ3n) is 5.43. The van der Waals surface area contributed by atoms with Crippen LogP contribution in [-0.2, 0) is 6.54 Å². The fourth-order valence-electron chi connectivity index (χ4n) is 4.09. The van der Waals surface area contributed by atoms with Crippen LogP contribution in [0.15, 0.2) is 0 Å². The summed E-state index contributed by atoms with van der Waals surface area (Å²) in [7, 11) is 0. The zero-order valence-electron chi connectivity index (χ0n) is 13.6. The van der Waals surface area contributed by atoms with Crippen LogP contribution in [0.3, 0.4) is 0 Å². The van der Waals surface area contributed by atoms with Crippen molar-refractivity contribution in [1.29, 1.82) is 0 Å². The number of rotatable bonds is 5. The van der Waals surface area contributed by atoms with E-state index >= 15 is 0 Å². The molecule has 0 radical (unpaired) electrons. The van der Waals surface area contributed by atoms with Crippen LogP contribution in [0.5, 0.6) is 0 Å². The zero-order valence-corrected chi connectivity index (χ0v) is 13.6. The van der Waals surface area contributed by atoms with E-state index in [0.717, 1.165) is 25.4 Å². The molecule has 2 heterocycles. The van der Waals surface area contributed by atoms with Gasteiger partial charge < -0.3 is 9.88 Å². The molecule has 1 aromatic heterocycles. The van der Waals surface area contributed by atoms with Crippen molar-refractivity contribution in [2.75, 3.05) is 6.54 Å². The SMILES string of the molecule is CCCCC1CCC(c2nnc3n2CCNC3CC)CC1. The summed E-state index contributed by atoms with van der Waals surface area (Å²) < 4.78 is 2.42. The van der Waals surface area contributed by atoms with E-state index < -0.39 is 0 Å². The minimum atomic E-state index is 0.404. The molecule has 1 unspecified atom stereocenters. The fraction of sp³-hybridized carbons (Fsp3) is 0.882. The Labute approximate surface area is 128 Å². The first kappa shape index (κ1) is 15.0. The number of hydrogen-bond acceptors (Lipinski definition) is 3. The van der Waals surface area contributed by atoms with Gasteiger partial charge in [0, 0.05) is 19.0 Å². The van der Waals surface area contributed by atoms with Crippen LogP contribution in [0, 0.1) is 5.92 Å². The van der Waals surface area contributed by atoms with E-state index in [-0.39, 0.29) is 0 Å². The van der Waals surface area contributed by atoms with Crippen molar-refractivity contribution < 1.29 is 0 Å². The van der Waals surface area contributed by atoms with E-state index in [9.17, 15) is 0 Å². The van der Waals surface area contributed by atoms with Crippen molar-refractivity contribution in [3.05, 3.63) is 11.6 Å². The van der Waals surface area contributed by atoms with Crippen molar-refractivity contribution >= 4 is 0 Å². The Balaban J connectivity index is 1.65. The van der Waals surface area contributed by atoms with Crippen molar-refractivity contribution in [3.8, 4) is 0 Å². The van der Waals surface area contributed by atoms with Gasteiger partial charge in [0.2, 0.25) is 0 Å². The molecule has 0 bridgehead atoms. The third-order valence-corrected chi connectivity index (χ3v) is 5.43. The van der Waals surface area contributed by atoms with Crippen LogP contribution in [0.4, 0.5) is 0 Å². The molecule has 0 spiro atoms. The number of aromatic nitrogens is 3. The summed E-state index contributed by atoms with van der Waals surface area (Å²) in [6, 6.07) is 0.404. The molecule has 1 saturated carbocycles. The molecule has 0 aromatic carbocycles. The lowest BCUT2D eigenvalue weighted by Crippen LogP contribution is -2.34. The molecule has 0 amide bonds. The predicted molar refractivity (Wildman–Crippen MR) is 85.3 cm³/mol. The summed E-state index contributed by atoms with van der Waals surface area (Å²) in [5.41, 5.74) is 0. The second-order valence-corrected chi connectivity index (χ2v) is 6.84. The highest BCUT2D eigenvalue weighted by atomic mass is 15.3. The molecule has 3 rings (SSSR count). The fourth-order valence-corrected chi connectivity index (χ4v) is 4.09. The highest BCUT2D eigenvalue weighted by Gasteiger charge is 2.30. The van der Waals surface area contributed by atoms with E-state index in [2.05, 4.69) is 33.9 Å². The van der Waals surface area contributed by atoms with Gasteiger partial charge in [0.1, 0.15) is 11.6 Å². The zero-order chi connectivity index (χ0) is 14.7. The molecule has 1 aliphatic carbocycles. The largest absolute Gasteiger partial charge is 0.312 e. The molecule has 2 aliphatic rings. The smallest absolute Gasteiger partial charge is 0.150 e. The van der Waals surface area contributed by atoms with E-state index in [1.165, 1.54) is 56.6 Å². The van der Waals surface area contributed by atoms with Gasteiger partial charge in [0.05, 0.1) is 6.04 Å². The molecule has 0 saturated heterocycles. The van der Waals surface area contributed by atoms with Crippen molar-refractivity contribution in [2.45, 2.75) is 83.7 Å². The van der Waals surface area contributed by atoms with Gasteiger partial charge in [0.15, 0.2) is 0 Å². The van der Waals surface area contributed by atoms with Gasteiger partial charge in [-0.2, -0.15) is 0 Å². The molecule has 1 aromatic rings. The lowest BCUT2D eigenvalue weighted by Gasteiger charge is -2.30. The number of fused-ring (bicyclic) bond motifs is 1. The van der Waals surface area contributed by atoms with Gasteiger partial charge in [0.25, 0.3) is 0 Å². The van der Waals surface area contributed by atoms with Gasteiger partial charge in [-0.05, 0) is 38.0 Å². The second kappa shape index (κ2) is 6.91. The van der Waals surface area contributed by atoms with E-state index in [0.29, 0.717) is 12.0 Å². The monoisotopic (exact) mass is 290 g/mol. The first-order valence-electron chi connectivity index (χ1n) is 8.99. The molecule has 4 nitrogen and oxygen atoms in total. The van der Waals surface area contributed by atoms with Crippen LogP contribution in [-0.4, -0.2) is 21.3 Å². The van der Waals surface area contributed by atoms with Crippen LogP contribution >= 0.6 is 0 Å². The number of hydrogen-bond donors (Lipinski definition) is 1. The number of nitrogens with zero attached hydrogens (tertiary/aromatic N) is 3. The molecule has 118 valence electrons. The third kappa shape index (κ3) is 3.15. The minimum absolute atomic E-state index is 0.404. The standard InChI is InChI=1S/C17H30N4/c1-3-5-6-13-7-9-14(10-8-13)16-19-20-17-15(4-2)18-11-12-21(16)17/h13-15,18H,3-12H2,1-2H3. The maximum absolute atomic E-state index is 4.58. The van der Waals surface area contributed by atoms with Crippen LogP contribution in [0.1, 0.15) is 88.8 Å². The normalized spacial score (nSPS) is 29.3. The van der Waals surface area contributed by atoms with E-state index in [4.69, 9.17) is 0 Å². The molecule has 1 atom stereocenters. The average molecular weight is 290 g/mol. The summed E-state index contributed by atoms with van der Waals surface area (Å²) in [5.74, 6) is 4.07. The van der Waals surface area contributed by atoms with E-state index in [1.54, 1.807) is 0 Å². The van der Waals surface area contributed by atoms with Crippen molar-refractivity contribution in [1.82, 2.24) is 20.1 Å². The van der Waals surface area contributed by atoms with Crippen molar-refractivity contribution in [2.24, 2.45) is 5.92 Å². The molecular formula is C17H30N4. The van der Waals surface area contributed by atoms with Gasteiger partial charge >= 0.3 is 0 Å². The Bertz CT molecular complexity index is 446. The molecule has 4 heteroatoms. The summed E-state index contributed by atoms with van der Waals surface area (Å²) >= 11 is 0. The molecule has 1 aliphatic heterocycles. The Morgan fingerprint density at radius 1 is 1.10 bits per heavy atom.